The molecule has 0 fully saturated rings. The molecule has 0 aliphatic carbocycles. The van der Waals surface area contributed by atoms with E-state index in [1.807, 2.05) is 91.9 Å². The zero-order valence-electron chi connectivity index (χ0n) is 19.8. The van der Waals surface area contributed by atoms with Gasteiger partial charge in [0.2, 0.25) is 5.91 Å². The van der Waals surface area contributed by atoms with Crippen molar-refractivity contribution in [3.8, 4) is 0 Å². The Morgan fingerprint density at radius 2 is 1.51 bits per heavy atom. The smallest absolute Gasteiger partial charge is 0.408 e. The van der Waals surface area contributed by atoms with E-state index in [-0.39, 0.29) is 19.1 Å². The fourth-order valence-electron chi connectivity index (χ4n) is 3.88. The number of aryl methyl sites for hydroxylation is 1. The molecule has 0 saturated heterocycles. The maximum atomic E-state index is 13.4. The van der Waals surface area contributed by atoms with Crippen molar-refractivity contribution in [3.05, 3.63) is 108 Å². The summed E-state index contributed by atoms with van der Waals surface area (Å²) in [7, 11) is 1.69. The second-order valence-electron chi connectivity index (χ2n) is 8.39. The lowest BCUT2D eigenvalue weighted by atomic mass is 10.0. The molecule has 0 aliphatic heterocycles. The van der Waals surface area contributed by atoms with Gasteiger partial charge in [0.15, 0.2) is 0 Å². The number of amides is 2. The van der Waals surface area contributed by atoms with Crippen LogP contribution >= 0.6 is 0 Å². The van der Waals surface area contributed by atoms with E-state index in [9.17, 15) is 9.59 Å². The first-order chi connectivity index (χ1) is 17.0. The van der Waals surface area contributed by atoms with E-state index in [0.29, 0.717) is 12.2 Å². The molecule has 7 nitrogen and oxygen atoms in total. The summed E-state index contributed by atoms with van der Waals surface area (Å²) >= 11 is 0. The van der Waals surface area contributed by atoms with E-state index in [0.717, 1.165) is 27.7 Å². The standard InChI is InChI=1S/C28H28N4O3/c1-20-23-15-9-10-16-24(23)30-26(29-20)18-32(2)27(33)25(17-21-11-5-3-6-12-21)31-28(34)35-19-22-13-7-4-8-14-22/h3-16,25H,17-19H2,1-2H3,(H,31,34). The molecule has 2 amide bonds. The third-order valence-electron chi connectivity index (χ3n) is 5.68. The lowest BCUT2D eigenvalue weighted by Crippen LogP contribution is -2.48. The fraction of sp³-hybridized carbons (Fsp3) is 0.214. The number of likely N-dealkylation sites (N-methyl/N-ethyl adjacent to an activating group) is 1. The van der Waals surface area contributed by atoms with Crippen LogP contribution in [0.1, 0.15) is 22.6 Å². The molecule has 1 N–H and O–H groups in total. The van der Waals surface area contributed by atoms with E-state index in [1.165, 1.54) is 4.90 Å². The van der Waals surface area contributed by atoms with Crippen molar-refractivity contribution in [1.82, 2.24) is 20.2 Å². The van der Waals surface area contributed by atoms with Crippen molar-refractivity contribution in [2.24, 2.45) is 0 Å². The number of benzene rings is 3. The molecule has 0 bridgehead atoms. The van der Waals surface area contributed by atoms with Crippen molar-refractivity contribution >= 4 is 22.9 Å². The van der Waals surface area contributed by atoms with E-state index in [2.05, 4.69) is 15.3 Å². The quantitative estimate of drug-likeness (QED) is 0.413. The number of nitrogens with one attached hydrogen (secondary N) is 1. The number of nitrogens with zero attached hydrogens (tertiary/aromatic N) is 3. The SMILES string of the molecule is Cc1nc(CN(C)C(=O)C(Cc2ccccc2)NC(=O)OCc2ccccc2)nc2ccccc12. The number of rotatable bonds is 8. The number of carbonyl (C=O) groups is 2. The highest BCUT2D eigenvalue weighted by Crippen LogP contribution is 2.16. The van der Waals surface area contributed by atoms with Crippen molar-refractivity contribution in [2.75, 3.05) is 7.05 Å². The van der Waals surface area contributed by atoms with Gasteiger partial charge in [0.25, 0.3) is 0 Å². The van der Waals surface area contributed by atoms with Gasteiger partial charge in [-0.3, -0.25) is 4.79 Å². The Balaban J connectivity index is 1.47. The van der Waals surface area contributed by atoms with Crippen molar-refractivity contribution < 1.29 is 14.3 Å². The van der Waals surface area contributed by atoms with Crippen LogP contribution in [0.15, 0.2) is 84.9 Å². The topological polar surface area (TPSA) is 84.4 Å². The highest BCUT2D eigenvalue weighted by Gasteiger charge is 2.26. The van der Waals surface area contributed by atoms with Crippen LogP contribution in [0.5, 0.6) is 0 Å². The van der Waals surface area contributed by atoms with Gasteiger partial charge in [-0.15, -0.1) is 0 Å². The normalized spacial score (nSPS) is 11.6. The summed E-state index contributed by atoms with van der Waals surface area (Å²) in [6, 6.07) is 25.9. The van der Waals surface area contributed by atoms with E-state index in [4.69, 9.17) is 4.74 Å². The molecule has 1 heterocycles. The average Bonchev–Trinajstić information content (AvgIpc) is 2.88. The Kier molecular flexibility index (Phi) is 7.67. The minimum atomic E-state index is -0.799. The summed E-state index contributed by atoms with van der Waals surface area (Å²) in [5.41, 5.74) is 3.49. The maximum absolute atomic E-state index is 13.4. The summed E-state index contributed by atoms with van der Waals surface area (Å²) in [6.07, 6.45) is -0.309. The number of carbonyl (C=O) groups excluding carboxylic acids is 2. The van der Waals surface area contributed by atoms with Crippen molar-refractivity contribution in [3.63, 3.8) is 0 Å². The van der Waals surface area contributed by atoms with Gasteiger partial charge in [-0.05, 0) is 24.1 Å². The molecule has 178 valence electrons. The molecule has 4 aromatic rings. The van der Waals surface area contributed by atoms with Gasteiger partial charge < -0.3 is 15.0 Å². The number of aromatic nitrogens is 2. The number of para-hydroxylation sites is 1. The summed E-state index contributed by atoms with van der Waals surface area (Å²) in [6.45, 7) is 2.27. The van der Waals surface area contributed by atoms with Crippen LogP contribution in [0.2, 0.25) is 0 Å². The first kappa shape index (κ1) is 23.9. The first-order valence-corrected chi connectivity index (χ1v) is 11.5. The summed E-state index contributed by atoms with van der Waals surface area (Å²) in [5, 5.41) is 3.73. The Morgan fingerprint density at radius 1 is 0.886 bits per heavy atom. The minimum absolute atomic E-state index is 0.124. The molecule has 3 aromatic carbocycles. The van der Waals surface area contributed by atoms with Crippen molar-refractivity contribution in [1.29, 1.82) is 0 Å². The van der Waals surface area contributed by atoms with Crippen LogP contribution in [0.25, 0.3) is 10.9 Å². The molecule has 4 rings (SSSR count). The molecule has 0 saturated carbocycles. The summed E-state index contributed by atoms with van der Waals surface area (Å²) in [4.78, 5) is 36.7. The molecular weight excluding hydrogens is 440 g/mol. The number of fused-ring (bicyclic) bond motifs is 1. The predicted octanol–water partition coefficient (Wildman–Crippen LogP) is 4.43. The third kappa shape index (κ3) is 6.41. The second kappa shape index (κ2) is 11.2. The molecule has 0 aliphatic rings. The average molecular weight is 469 g/mol. The minimum Gasteiger partial charge on any atom is -0.445 e. The van der Waals surface area contributed by atoms with Crippen LogP contribution in [0, 0.1) is 6.92 Å². The molecule has 1 unspecified atom stereocenters. The van der Waals surface area contributed by atoms with Gasteiger partial charge >= 0.3 is 6.09 Å². The van der Waals surface area contributed by atoms with Gasteiger partial charge in [-0.1, -0.05) is 78.9 Å². The summed E-state index contributed by atoms with van der Waals surface area (Å²) in [5.74, 6) is 0.294. The lowest BCUT2D eigenvalue weighted by Gasteiger charge is -2.24. The van der Waals surface area contributed by atoms with Gasteiger partial charge in [-0.2, -0.15) is 0 Å². The number of hydrogen-bond acceptors (Lipinski definition) is 5. The zero-order chi connectivity index (χ0) is 24.6. The molecule has 0 radical (unpaired) electrons. The molecule has 0 spiro atoms. The summed E-state index contributed by atoms with van der Waals surface area (Å²) < 4.78 is 5.36. The third-order valence-corrected chi connectivity index (χ3v) is 5.68. The second-order valence-corrected chi connectivity index (χ2v) is 8.39. The fourth-order valence-corrected chi connectivity index (χ4v) is 3.88. The van der Waals surface area contributed by atoms with Gasteiger partial charge in [0.1, 0.15) is 18.5 Å². The Labute approximate surface area is 204 Å². The van der Waals surface area contributed by atoms with Crippen LogP contribution in [0.3, 0.4) is 0 Å². The van der Waals surface area contributed by atoms with Gasteiger partial charge in [0.05, 0.1) is 12.1 Å². The molecule has 35 heavy (non-hydrogen) atoms. The molecule has 1 aromatic heterocycles. The first-order valence-electron chi connectivity index (χ1n) is 11.5. The number of alkyl carbamates (subject to hydrolysis) is 1. The molecular formula is C28H28N4O3. The van der Waals surface area contributed by atoms with Crippen LogP contribution in [0.4, 0.5) is 4.79 Å². The maximum Gasteiger partial charge on any atom is 0.408 e. The highest BCUT2D eigenvalue weighted by atomic mass is 16.5. The van der Waals surface area contributed by atoms with Crippen LogP contribution in [-0.4, -0.2) is 40.0 Å². The highest BCUT2D eigenvalue weighted by molar-refractivity contribution is 5.86. The number of hydrogen-bond donors (Lipinski definition) is 1. The predicted molar refractivity (Wildman–Crippen MR) is 134 cm³/mol. The van der Waals surface area contributed by atoms with Crippen LogP contribution < -0.4 is 5.32 Å². The zero-order valence-corrected chi connectivity index (χ0v) is 19.8. The Bertz CT molecular complexity index is 1300. The van der Waals surface area contributed by atoms with E-state index in [1.54, 1.807) is 7.05 Å². The van der Waals surface area contributed by atoms with Gasteiger partial charge in [-0.25, -0.2) is 14.8 Å². The van der Waals surface area contributed by atoms with Gasteiger partial charge in [0, 0.05) is 24.5 Å². The van der Waals surface area contributed by atoms with Crippen LogP contribution in [-0.2, 0) is 29.1 Å². The molecule has 1 atom stereocenters. The molecule has 7 heteroatoms. The van der Waals surface area contributed by atoms with Crippen molar-refractivity contribution in [2.45, 2.75) is 32.5 Å². The number of ether oxygens (including phenoxy) is 1. The lowest BCUT2D eigenvalue weighted by molar-refractivity contribution is -0.132. The van der Waals surface area contributed by atoms with E-state index < -0.39 is 12.1 Å². The largest absolute Gasteiger partial charge is 0.445 e. The Hall–Kier alpha value is -4.26. The monoisotopic (exact) mass is 468 g/mol. The van der Waals surface area contributed by atoms with E-state index >= 15 is 0 Å². The Morgan fingerprint density at radius 3 is 2.23 bits per heavy atom.